The van der Waals surface area contributed by atoms with E-state index in [1.807, 2.05) is 31.2 Å². The van der Waals surface area contributed by atoms with Gasteiger partial charge in [0.1, 0.15) is 0 Å². The molecule has 5 nitrogen and oxygen atoms in total. The van der Waals surface area contributed by atoms with Crippen molar-refractivity contribution in [1.29, 1.82) is 0 Å². The normalized spacial score (nSPS) is 11.4. The number of aromatic nitrogens is 1. The van der Waals surface area contributed by atoms with Crippen molar-refractivity contribution in [2.75, 3.05) is 0 Å². The Hall–Kier alpha value is -2.82. The summed E-state index contributed by atoms with van der Waals surface area (Å²) in [6.07, 6.45) is 3.04. The van der Waals surface area contributed by atoms with Crippen LogP contribution in [0.5, 0.6) is 0 Å². The second kappa shape index (κ2) is 6.09. The van der Waals surface area contributed by atoms with E-state index in [1.165, 1.54) is 5.56 Å². The van der Waals surface area contributed by atoms with Gasteiger partial charge in [0.15, 0.2) is 0 Å². The van der Waals surface area contributed by atoms with Gasteiger partial charge in [0.25, 0.3) is 0 Å². The minimum absolute atomic E-state index is 0.241. The summed E-state index contributed by atoms with van der Waals surface area (Å²) in [6.45, 7) is 2.01. The highest BCUT2D eigenvalue weighted by Gasteiger charge is 2.11. The standard InChI is InChI=1S/C16H15NO4/c1-10-2-4-11(5-3-10)6-12-7-13(17-9-12)14(18)8-15(19)16(20)21/h2-5,7-9,17,19H,6H2,1H3,(H,20,21). The van der Waals surface area contributed by atoms with E-state index in [9.17, 15) is 9.59 Å². The van der Waals surface area contributed by atoms with Crippen LogP contribution < -0.4 is 0 Å². The molecule has 0 atom stereocenters. The molecule has 1 aromatic heterocycles. The summed E-state index contributed by atoms with van der Waals surface area (Å²) in [5, 5.41) is 17.6. The first-order valence-corrected chi connectivity index (χ1v) is 6.37. The van der Waals surface area contributed by atoms with E-state index >= 15 is 0 Å². The lowest BCUT2D eigenvalue weighted by atomic mass is 10.1. The van der Waals surface area contributed by atoms with E-state index in [0.29, 0.717) is 12.5 Å². The van der Waals surface area contributed by atoms with E-state index in [2.05, 4.69) is 4.98 Å². The number of aryl methyl sites for hydroxylation is 1. The number of allylic oxidation sites excluding steroid dienone is 1. The van der Waals surface area contributed by atoms with Gasteiger partial charge in [-0.1, -0.05) is 29.8 Å². The number of carboxylic acids is 1. The van der Waals surface area contributed by atoms with E-state index in [4.69, 9.17) is 10.2 Å². The van der Waals surface area contributed by atoms with E-state index < -0.39 is 17.5 Å². The topological polar surface area (TPSA) is 90.4 Å². The summed E-state index contributed by atoms with van der Waals surface area (Å²) in [5.41, 5.74) is 3.44. The van der Waals surface area contributed by atoms with Gasteiger partial charge in [-0.3, -0.25) is 4.79 Å². The van der Waals surface area contributed by atoms with Gasteiger partial charge in [0.05, 0.1) is 5.69 Å². The van der Waals surface area contributed by atoms with Crippen LogP contribution >= 0.6 is 0 Å². The fourth-order valence-electron chi connectivity index (χ4n) is 1.89. The highest BCUT2D eigenvalue weighted by Crippen LogP contribution is 2.13. The fraction of sp³-hybridized carbons (Fsp3) is 0.125. The van der Waals surface area contributed by atoms with Crippen LogP contribution in [0.1, 0.15) is 27.2 Å². The summed E-state index contributed by atoms with van der Waals surface area (Å²) < 4.78 is 0. The molecular weight excluding hydrogens is 270 g/mol. The lowest BCUT2D eigenvalue weighted by Gasteiger charge is -1.99. The highest BCUT2D eigenvalue weighted by molar-refractivity contribution is 6.06. The molecule has 0 saturated heterocycles. The lowest BCUT2D eigenvalue weighted by molar-refractivity contribution is -0.135. The molecule has 0 fully saturated rings. The average Bonchev–Trinajstić information content (AvgIpc) is 2.90. The number of rotatable bonds is 5. The number of aromatic amines is 1. The Morgan fingerprint density at radius 1 is 1.14 bits per heavy atom. The predicted molar refractivity (Wildman–Crippen MR) is 77.5 cm³/mol. The van der Waals surface area contributed by atoms with E-state index in [0.717, 1.165) is 11.1 Å². The van der Waals surface area contributed by atoms with Gasteiger partial charge in [-0.25, -0.2) is 4.79 Å². The predicted octanol–water partition coefficient (Wildman–Crippen LogP) is 2.62. The molecule has 0 aliphatic rings. The molecule has 0 saturated carbocycles. The number of ketones is 1. The minimum Gasteiger partial charge on any atom is -0.502 e. The Bertz CT molecular complexity index is 695. The molecule has 21 heavy (non-hydrogen) atoms. The van der Waals surface area contributed by atoms with Gasteiger partial charge in [0.2, 0.25) is 11.5 Å². The van der Waals surface area contributed by atoms with Crippen LogP contribution in [-0.2, 0) is 11.2 Å². The quantitative estimate of drug-likeness (QED) is 0.447. The molecule has 2 aromatic rings. The zero-order valence-corrected chi connectivity index (χ0v) is 11.5. The van der Waals surface area contributed by atoms with Gasteiger partial charge in [-0.05, 0) is 30.5 Å². The molecule has 3 N–H and O–H groups in total. The molecule has 0 aliphatic heterocycles. The van der Waals surface area contributed by atoms with E-state index in [-0.39, 0.29) is 5.69 Å². The molecule has 108 valence electrons. The highest BCUT2D eigenvalue weighted by atomic mass is 16.4. The van der Waals surface area contributed by atoms with Crippen LogP contribution in [-0.4, -0.2) is 26.9 Å². The molecule has 0 radical (unpaired) electrons. The van der Waals surface area contributed by atoms with Gasteiger partial charge in [0, 0.05) is 12.3 Å². The fourth-order valence-corrected chi connectivity index (χ4v) is 1.89. The number of nitrogens with one attached hydrogen (secondary N) is 1. The maximum atomic E-state index is 11.7. The number of benzene rings is 1. The van der Waals surface area contributed by atoms with Crippen molar-refractivity contribution in [1.82, 2.24) is 4.98 Å². The van der Waals surface area contributed by atoms with E-state index in [1.54, 1.807) is 12.3 Å². The first-order chi connectivity index (χ1) is 9.95. The number of carbonyl (C=O) groups is 2. The van der Waals surface area contributed by atoms with Gasteiger partial charge in [-0.15, -0.1) is 0 Å². The van der Waals surface area contributed by atoms with Crippen molar-refractivity contribution in [2.24, 2.45) is 0 Å². The number of hydrogen-bond donors (Lipinski definition) is 3. The van der Waals surface area contributed by atoms with Crippen LogP contribution in [0.4, 0.5) is 0 Å². The molecule has 0 bridgehead atoms. The first kappa shape index (κ1) is 14.6. The molecule has 0 amide bonds. The first-order valence-electron chi connectivity index (χ1n) is 6.37. The summed E-state index contributed by atoms with van der Waals surface area (Å²) in [7, 11) is 0. The Kier molecular flexibility index (Phi) is 4.23. The maximum absolute atomic E-state index is 11.7. The molecule has 0 spiro atoms. The minimum atomic E-state index is -1.53. The number of aliphatic carboxylic acids is 1. The molecule has 1 aromatic carbocycles. The maximum Gasteiger partial charge on any atom is 0.371 e. The second-order valence-corrected chi connectivity index (χ2v) is 4.78. The van der Waals surface area contributed by atoms with Crippen molar-refractivity contribution in [3.8, 4) is 0 Å². The summed E-state index contributed by atoms with van der Waals surface area (Å²) in [5.74, 6) is -3.09. The Morgan fingerprint density at radius 3 is 2.43 bits per heavy atom. The Balaban J connectivity index is 2.11. The van der Waals surface area contributed by atoms with Crippen molar-refractivity contribution in [2.45, 2.75) is 13.3 Å². The number of carbonyl (C=O) groups excluding carboxylic acids is 1. The summed E-state index contributed by atoms with van der Waals surface area (Å²) in [4.78, 5) is 25.0. The van der Waals surface area contributed by atoms with Crippen LogP contribution in [0.25, 0.3) is 0 Å². The van der Waals surface area contributed by atoms with Crippen LogP contribution in [0.3, 0.4) is 0 Å². The smallest absolute Gasteiger partial charge is 0.371 e. The van der Waals surface area contributed by atoms with Crippen molar-refractivity contribution in [3.63, 3.8) is 0 Å². The summed E-state index contributed by atoms with van der Waals surface area (Å²) in [6, 6.07) is 9.71. The third-order valence-electron chi connectivity index (χ3n) is 3.02. The molecule has 0 aliphatic carbocycles. The molecule has 0 unspecified atom stereocenters. The number of aliphatic hydroxyl groups is 1. The number of hydrogen-bond acceptors (Lipinski definition) is 3. The lowest BCUT2D eigenvalue weighted by Crippen LogP contribution is -2.04. The molecule has 5 heteroatoms. The molecular formula is C16H15NO4. The van der Waals surface area contributed by atoms with Gasteiger partial charge < -0.3 is 15.2 Å². The zero-order valence-electron chi connectivity index (χ0n) is 11.5. The van der Waals surface area contributed by atoms with Crippen LogP contribution in [0.2, 0.25) is 0 Å². The van der Waals surface area contributed by atoms with Gasteiger partial charge >= 0.3 is 5.97 Å². The zero-order chi connectivity index (χ0) is 15.4. The second-order valence-electron chi connectivity index (χ2n) is 4.78. The largest absolute Gasteiger partial charge is 0.502 e. The number of H-pyrrole nitrogens is 1. The van der Waals surface area contributed by atoms with Crippen molar-refractivity contribution in [3.05, 3.63) is 70.7 Å². The third-order valence-corrected chi connectivity index (χ3v) is 3.02. The van der Waals surface area contributed by atoms with Crippen LogP contribution in [0.15, 0.2) is 48.4 Å². The Morgan fingerprint density at radius 2 is 1.81 bits per heavy atom. The average molecular weight is 285 g/mol. The monoisotopic (exact) mass is 285 g/mol. The van der Waals surface area contributed by atoms with Crippen molar-refractivity contribution < 1.29 is 19.8 Å². The number of aliphatic hydroxyl groups excluding tert-OH is 1. The van der Waals surface area contributed by atoms with Crippen LogP contribution in [0, 0.1) is 6.92 Å². The SMILES string of the molecule is Cc1ccc(Cc2c[nH]c(C(=O)C=C(O)C(=O)O)c2)cc1. The van der Waals surface area contributed by atoms with Crippen molar-refractivity contribution >= 4 is 11.8 Å². The third kappa shape index (κ3) is 3.82. The van der Waals surface area contributed by atoms with Gasteiger partial charge in [-0.2, -0.15) is 0 Å². The molecule has 1 heterocycles. The molecule has 2 rings (SSSR count). The number of carboxylic acid groups (broad SMARTS) is 1. The summed E-state index contributed by atoms with van der Waals surface area (Å²) >= 11 is 0. The Labute approximate surface area is 121 Å².